The summed E-state index contributed by atoms with van der Waals surface area (Å²) >= 11 is 0. The number of halogens is 1. The summed E-state index contributed by atoms with van der Waals surface area (Å²) in [5.74, 6) is -0.0393. The molecule has 0 spiro atoms. The molecule has 2 nitrogen and oxygen atoms in total. The summed E-state index contributed by atoms with van der Waals surface area (Å²) in [6, 6.07) is 4.29. The molecule has 0 radical (unpaired) electrons. The van der Waals surface area contributed by atoms with E-state index in [2.05, 4.69) is 0 Å². The molecule has 1 aliphatic carbocycles. The number of ketones is 1. The van der Waals surface area contributed by atoms with Gasteiger partial charge in [-0.25, -0.2) is 4.39 Å². The second-order valence-corrected chi connectivity index (χ2v) is 3.84. The quantitative estimate of drug-likeness (QED) is 0.714. The minimum absolute atomic E-state index is 0.111. The molecule has 0 bridgehead atoms. The molecular weight excluding hydrogens is 195 g/mol. The minimum Gasteiger partial charge on any atom is -0.494 e. The van der Waals surface area contributed by atoms with E-state index in [1.54, 1.807) is 0 Å². The van der Waals surface area contributed by atoms with Crippen LogP contribution in [-0.2, 0) is 0 Å². The predicted octanol–water partition coefficient (Wildman–Crippen LogP) is 2.82. The van der Waals surface area contributed by atoms with Crippen molar-refractivity contribution in [1.82, 2.24) is 0 Å². The van der Waals surface area contributed by atoms with E-state index in [1.165, 1.54) is 25.3 Å². The number of carbonyl (C=O) groups is 1. The summed E-state index contributed by atoms with van der Waals surface area (Å²) in [5, 5.41) is 0. The third kappa shape index (κ3) is 1.87. The lowest BCUT2D eigenvalue weighted by molar-refractivity contribution is 0.0855. The first-order valence-corrected chi connectivity index (χ1v) is 5.10. The lowest BCUT2D eigenvalue weighted by atomic mass is 9.80. The van der Waals surface area contributed by atoms with Crippen LogP contribution in [0.5, 0.6) is 5.75 Å². The van der Waals surface area contributed by atoms with Crippen LogP contribution in [0, 0.1) is 11.7 Å². The van der Waals surface area contributed by atoms with E-state index in [-0.39, 0.29) is 17.5 Å². The lowest BCUT2D eigenvalue weighted by Crippen LogP contribution is -2.21. The number of rotatable bonds is 3. The highest BCUT2D eigenvalue weighted by molar-refractivity contribution is 5.98. The zero-order valence-corrected chi connectivity index (χ0v) is 8.63. The Morgan fingerprint density at radius 1 is 1.47 bits per heavy atom. The average Bonchev–Trinajstić information content (AvgIpc) is 2.15. The topological polar surface area (TPSA) is 26.3 Å². The molecule has 0 saturated heterocycles. The molecule has 0 atom stereocenters. The molecule has 0 heterocycles. The van der Waals surface area contributed by atoms with Crippen LogP contribution in [0.25, 0.3) is 0 Å². The molecule has 0 N–H and O–H groups in total. The summed E-state index contributed by atoms with van der Waals surface area (Å²) in [6.45, 7) is 0. The predicted molar refractivity (Wildman–Crippen MR) is 54.6 cm³/mol. The van der Waals surface area contributed by atoms with Gasteiger partial charge in [0, 0.05) is 11.5 Å². The van der Waals surface area contributed by atoms with Gasteiger partial charge in [-0.05, 0) is 31.0 Å². The van der Waals surface area contributed by atoms with E-state index in [0.717, 1.165) is 19.3 Å². The van der Waals surface area contributed by atoms with Crippen LogP contribution in [-0.4, -0.2) is 12.9 Å². The molecule has 0 amide bonds. The van der Waals surface area contributed by atoms with Crippen molar-refractivity contribution in [2.45, 2.75) is 19.3 Å². The van der Waals surface area contributed by atoms with Crippen LogP contribution in [0.2, 0.25) is 0 Å². The maximum Gasteiger partial charge on any atom is 0.166 e. The summed E-state index contributed by atoms with van der Waals surface area (Å²) in [6.07, 6.45) is 3.03. The molecule has 0 unspecified atom stereocenters. The molecule has 1 saturated carbocycles. The van der Waals surface area contributed by atoms with E-state index < -0.39 is 5.82 Å². The zero-order valence-electron chi connectivity index (χ0n) is 8.63. The Labute approximate surface area is 88.1 Å². The Bertz CT molecular complexity index is 383. The van der Waals surface area contributed by atoms with E-state index >= 15 is 0 Å². The number of carbonyl (C=O) groups excluding carboxylic acids is 1. The van der Waals surface area contributed by atoms with Crippen molar-refractivity contribution in [3.63, 3.8) is 0 Å². The molecular formula is C12H13FO2. The number of methoxy groups -OCH3 is 1. The van der Waals surface area contributed by atoms with Gasteiger partial charge in [0.2, 0.25) is 0 Å². The standard InChI is InChI=1S/C12H13FO2/c1-15-11-7-9(5-6-10(11)13)12(14)8-3-2-4-8/h5-8H,2-4H2,1H3. The van der Waals surface area contributed by atoms with E-state index in [0.29, 0.717) is 5.56 Å². The van der Waals surface area contributed by atoms with Gasteiger partial charge in [0.15, 0.2) is 17.3 Å². The first kappa shape index (κ1) is 10.1. The van der Waals surface area contributed by atoms with Gasteiger partial charge in [-0.3, -0.25) is 4.79 Å². The van der Waals surface area contributed by atoms with Crippen molar-refractivity contribution in [3.8, 4) is 5.75 Å². The fourth-order valence-electron chi connectivity index (χ4n) is 1.72. The number of ether oxygens (including phenoxy) is 1. The van der Waals surface area contributed by atoms with Gasteiger partial charge in [-0.2, -0.15) is 0 Å². The minimum atomic E-state index is -0.428. The third-order valence-corrected chi connectivity index (χ3v) is 2.91. The Hall–Kier alpha value is -1.38. The van der Waals surface area contributed by atoms with Crippen molar-refractivity contribution in [3.05, 3.63) is 29.6 Å². The zero-order chi connectivity index (χ0) is 10.8. The molecule has 0 aliphatic heterocycles. The normalized spacial score (nSPS) is 15.9. The molecule has 80 valence electrons. The van der Waals surface area contributed by atoms with Gasteiger partial charge in [-0.1, -0.05) is 6.42 Å². The Morgan fingerprint density at radius 3 is 2.73 bits per heavy atom. The third-order valence-electron chi connectivity index (χ3n) is 2.91. The highest BCUT2D eigenvalue weighted by Crippen LogP contribution is 2.31. The number of hydrogen-bond acceptors (Lipinski definition) is 2. The second-order valence-electron chi connectivity index (χ2n) is 3.84. The smallest absolute Gasteiger partial charge is 0.166 e. The van der Waals surface area contributed by atoms with Crippen molar-refractivity contribution in [1.29, 1.82) is 0 Å². The molecule has 2 rings (SSSR count). The molecule has 1 aromatic carbocycles. The highest BCUT2D eigenvalue weighted by Gasteiger charge is 2.26. The maximum atomic E-state index is 13.1. The van der Waals surface area contributed by atoms with Gasteiger partial charge in [0.05, 0.1) is 7.11 Å². The molecule has 1 aliphatic rings. The number of hydrogen-bond donors (Lipinski definition) is 0. The average molecular weight is 208 g/mol. The fourth-order valence-corrected chi connectivity index (χ4v) is 1.72. The molecule has 3 heteroatoms. The monoisotopic (exact) mass is 208 g/mol. The number of Topliss-reactive ketones (excluding diaryl/α,β-unsaturated/α-hetero) is 1. The SMILES string of the molecule is COc1cc(C(=O)C2CCC2)ccc1F. The van der Waals surface area contributed by atoms with Crippen LogP contribution in [0.1, 0.15) is 29.6 Å². The van der Waals surface area contributed by atoms with Crippen molar-refractivity contribution in [2.24, 2.45) is 5.92 Å². The van der Waals surface area contributed by atoms with Crippen molar-refractivity contribution < 1.29 is 13.9 Å². The summed E-state index contributed by atoms with van der Waals surface area (Å²) in [7, 11) is 1.40. The van der Waals surface area contributed by atoms with Gasteiger partial charge in [0.25, 0.3) is 0 Å². The summed E-state index contributed by atoms with van der Waals surface area (Å²) < 4.78 is 17.9. The van der Waals surface area contributed by atoms with Crippen LogP contribution < -0.4 is 4.74 Å². The van der Waals surface area contributed by atoms with Crippen LogP contribution in [0.15, 0.2) is 18.2 Å². The first-order chi connectivity index (χ1) is 7.22. The Kier molecular flexibility index (Phi) is 2.71. The van der Waals surface area contributed by atoms with Crippen LogP contribution in [0.3, 0.4) is 0 Å². The van der Waals surface area contributed by atoms with Gasteiger partial charge < -0.3 is 4.74 Å². The fraction of sp³-hybridized carbons (Fsp3) is 0.417. The lowest BCUT2D eigenvalue weighted by Gasteiger charge is -2.23. The van der Waals surface area contributed by atoms with Crippen molar-refractivity contribution in [2.75, 3.05) is 7.11 Å². The summed E-state index contributed by atoms with van der Waals surface area (Å²) in [4.78, 5) is 11.8. The van der Waals surface area contributed by atoms with E-state index in [1.807, 2.05) is 0 Å². The summed E-state index contributed by atoms with van der Waals surface area (Å²) in [5.41, 5.74) is 0.554. The highest BCUT2D eigenvalue weighted by atomic mass is 19.1. The van der Waals surface area contributed by atoms with Crippen molar-refractivity contribution >= 4 is 5.78 Å². The van der Waals surface area contributed by atoms with E-state index in [4.69, 9.17) is 4.74 Å². The second kappa shape index (κ2) is 4.01. The molecule has 1 fully saturated rings. The Balaban J connectivity index is 2.24. The molecule has 1 aromatic rings. The first-order valence-electron chi connectivity index (χ1n) is 5.10. The molecule has 0 aromatic heterocycles. The van der Waals surface area contributed by atoms with Crippen LogP contribution >= 0.6 is 0 Å². The van der Waals surface area contributed by atoms with Crippen LogP contribution in [0.4, 0.5) is 4.39 Å². The molecule has 15 heavy (non-hydrogen) atoms. The van der Waals surface area contributed by atoms with Gasteiger partial charge in [-0.15, -0.1) is 0 Å². The number of benzene rings is 1. The largest absolute Gasteiger partial charge is 0.494 e. The van der Waals surface area contributed by atoms with Gasteiger partial charge >= 0.3 is 0 Å². The van der Waals surface area contributed by atoms with E-state index in [9.17, 15) is 9.18 Å². The maximum absolute atomic E-state index is 13.1. The Morgan fingerprint density at radius 2 is 2.20 bits per heavy atom. The van der Waals surface area contributed by atoms with Gasteiger partial charge in [0.1, 0.15) is 0 Å².